The summed E-state index contributed by atoms with van der Waals surface area (Å²) in [6.45, 7) is 1.83. The lowest BCUT2D eigenvalue weighted by Gasteiger charge is -2.34. The van der Waals surface area contributed by atoms with Gasteiger partial charge in [-0.2, -0.15) is 18.3 Å². The van der Waals surface area contributed by atoms with E-state index in [9.17, 15) is 18.0 Å². The summed E-state index contributed by atoms with van der Waals surface area (Å²) in [6, 6.07) is 9.45. The number of nitrogens with zero attached hydrogens (tertiary/aromatic N) is 2. The van der Waals surface area contributed by atoms with E-state index in [4.69, 9.17) is 9.47 Å². The second-order valence-electron chi connectivity index (χ2n) is 7.72. The molecule has 1 aromatic heterocycles. The molecule has 1 aliphatic rings. The van der Waals surface area contributed by atoms with Crippen LogP contribution in [0.1, 0.15) is 40.0 Å². The van der Waals surface area contributed by atoms with Crippen LogP contribution in [0.4, 0.5) is 24.7 Å². The number of alkyl halides is 3. The molecule has 2 N–H and O–H groups in total. The molecule has 2 atom stereocenters. The summed E-state index contributed by atoms with van der Waals surface area (Å²) < 4.78 is 53.2. The summed E-state index contributed by atoms with van der Waals surface area (Å²) >= 11 is 0. The van der Waals surface area contributed by atoms with Gasteiger partial charge in [0.15, 0.2) is 17.5 Å². The zero-order valence-electron chi connectivity index (χ0n) is 18.2. The van der Waals surface area contributed by atoms with Crippen LogP contribution < -0.4 is 20.1 Å². The van der Waals surface area contributed by atoms with E-state index < -0.39 is 24.2 Å². The minimum atomic E-state index is -4.55. The molecule has 0 saturated heterocycles. The lowest BCUT2D eigenvalue weighted by Crippen LogP contribution is -2.36. The third-order valence-corrected chi connectivity index (χ3v) is 5.69. The molecule has 2 unspecified atom stereocenters. The highest BCUT2D eigenvalue weighted by atomic mass is 19.4. The largest absolute Gasteiger partial charge is 0.493 e. The maximum absolute atomic E-state index is 13.9. The molecule has 0 saturated carbocycles. The third-order valence-electron chi connectivity index (χ3n) is 5.69. The summed E-state index contributed by atoms with van der Waals surface area (Å²) in [5, 5.41) is 9.74. The molecule has 0 spiro atoms. The molecule has 33 heavy (non-hydrogen) atoms. The van der Waals surface area contributed by atoms with Crippen LogP contribution in [0.2, 0.25) is 0 Å². The number of hydrogen-bond acceptors (Lipinski definition) is 5. The number of hydrogen-bond donors (Lipinski definition) is 2. The predicted molar refractivity (Wildman–Crippen MR) is 117 cm³/mol. The number of rotatable bonds is 5. The number of aryl methyl sites for hydroxylation is 1. The molecule has 2 heterocycles. The van der Waals surface area contributed by atoms with Crippen molar-refractivity contribution in [3.05, 3.63) is 65.4 Å². The van der Waals surface area contributed by atoms with Gasteiger partial charge in [-0.3, -0.25) is 4.79 Å². The second-order valence-corrected chi connectivity index (χ2v) is 7.72. The van der Waals surface area contributed by atoms with E-state index in [1.165, 1.54) is 14.2 Å². The Balaban J connectivity index is 1.71. The SMILES string of the molecule is COc1ccc(C2CC(C(F)(F)F)n3ncc(C(=O)Nc4ccccc4C)c3N2)cc1OC. The fourth-order valence-corrected chi connectivity index (χ4v) is 3.92. The van der Waals surface area contributed by atoms with Crippen molar-refractivity contribution >= 4 is 17.4 Å². The van der Waals surface area contributed by atoms with Crippen molar-refractivity contribution in [2.45, 2.75) is 31.6 Å². The first kappa shape index (κ1) is 22.5. The van der Waals surface area contributed by atoms with Crippen molar-refractivity contribution in [3.8, 4) is 11.5 Å². The number of amides is 1. The predicted octanol–water partition coefficient (Wildman–Crippen LogP) is 5.12. The maximum Gasteiger partial charge on any atom is 0.410 e. The van der Waals surface area contributed by atoms with E-state index in [0.717, 1.165) is 16.4 Å². The molecular formula is C23H23F3N4O3. The highest BCUT2D eigenvalue weighted by Crippen LogP contribution is 2.45. The van der Waals surface area contributed by atoms with Gasteiger partial charge in [-0.05, 0) is 36.2 Å². The first-order chi connectivity index (χ1) is 15.7. The average Bonchev–Trinajstić information content (AvgIpc) is 3.22. The number of fused-ring (bicyclic) bond motifs is 1. The molecule has 1 amide bonds. The van der Waals surface area contributed by atoms with Crippen LogP contribution in [0.25, 0.3) is 0 Å². The maximum atomic E-state index is 13.9. The van der Waals surface area contributed by atoms with Gasteiger partial charge in [-0.15, -0.1) is 0 Å². The van der Waals surface area contributed by atoms with Crippen molar-refractivity contribution < 1.29 is 27.4 Å². The smallest absolute Gasteiger partial charge is 0.410 e. The fourth-order valence-electron chi connectivity index (χ4n) is 3.92. The van der Waals surface area contributed by atoms with Crippen molar-refractivity contribution in [1.29, 1.82) is 0 Å². The lowest BCUT2D eigenvalue weighted by molar-refractivity contribution is -0.173. The number of nitrogens with one attached hydrogen (secondary N) is 2. The first-order valence-corrected chi connectivity index (χ1v) is 10.2. The van der Waals surface area contributed by atoms with E-state index in [1.807, 2.05) is 19.1 Å². The van der Waals surface area contributed by atoms with Gasteiger partial charge in [-0.25, -0.2) is 4.68 Å². The minimum Gasteiger partial charge on any atom is -0.493 e. The number of carbonyl (C=O) groups excluding carboxylic acids is 1. The molecule has 0 fully saturated rings. The van der Waals surface area contributed by atoms with Crippen molar-refractivity contribution in [2.75, 3.05) is 24.9 Å². The van der Waals surface area contributed by atoms with E-state index in [1.54, 1.807) is 30.3 Å². The number of methoxy groups -OCH3 is 2. The van der Waals surface area contributed by atoms with Gasteiger partial charge in [0.05, 0.1) is 26.5 Å². The van der Waals surface area contributed by atoms with Crippen LogP contribution in [0.15, 0.2) is 48.7 Å². The number of ether oxygens (including phenoxy) is 2. The quantitative estimate of drug-likeness (QED) is 0.553. The molecule has 0 radical (unpaired) electrons. The molecule has 174 valence electrons. The molecular weight excluding hydrogens is 437 g/mol. The summed E-state index contributed by atoms with van der Waals surface area (Å²) in [4.78, 5) is 13.0. The zero-order chi connectivity index (χ0) is 23.8. The van der Waals surface area contributed by atoms with Gasteiger partial charge in [0.25, 0.3) is 5.91 Å². The van der Waals surface area contributed by atoms with Gasteiger partial charge in [0.1, 0.15) is 11.4 Å². The molecule has 2 aromatic carbocycles. The Morgan fingerprint density at radius 2 is 1.88 bits per heavy atom. The number of anilines is 2. The third kappa shape index (κ3) is 4.33. The molecule has 0 aliphatic carbocycles. The molecule has 7 nitrogen and oxygen atoms in total. The highest BCUT2D eigenvalue weighted by Gasteiger charge is 2.47. The van der Waals surface area contributed by atoms with E-state index in [0.29, 0.717) is 22.7 Å². The topological polar surface area (TPSA) is 77.4 Å². The number of halogens is 3. The van der Waals surface area contributed by atoms with E-state index in [2.05, 4.69) is 15.7 Å². The van der Waals surface area contributed by atoms with E-state index in [-0.39, 0.29) is 17.8 Å². The van der Waals surface area contributed by atoms with Gasteiger partial charge in [0.2, 0.25) is 0 Å². The molecule has 0 bridgehead atoms. The Hall–Kier alpha value is -3.69. The van der Waals surface area contributed by atoms with Crippen molar-refractivity contribution in [3.63, 3.8) is 0 Å². The van der Waals surface area contributed by atoms with Crippen LogP contribution in [-0.2, 0) is 0 Å². The average molecular weight is 460 g/mol. The molecule has 4 rings (SSSR count). The van der Waals surface area contributed by atoms with Gasteiger partial charge < -0.3 is 20.1 Å². The zero-order valence-corrected chi connectivity index (χ0v) is 18.2. The Bertz CT molecular complexity index is 1180. The summed E-state index contributed by atoms with van der Waals surface area (Å²) in [7, 11) is 2.94. The Labute approximate surface area is 188 Å². The standard InChI is InChI=1S/C23H23F3N4O3/c1-13-6-4-5-7-16(13)29-22(31)15-12-27-30-20(23(24,25)26)11-17(28-21(15)30)14-8-9-18(32-2)19(10-14)33-3/h4-10,12,17,20,28H,11H2,1-3H3,(H,29,31). The van der Waals surface area contributed by atoms with Crippen LogP contribution >= 0.6 is 0 Å². The monoisotopic (exact) mass is 460 g/mol. The van der Waals surface area contributed by atoms with Crippen LogP contribution in [-0.4, -0.2) is 36.1 Å². The molecule has 10 heteroatoms. The van der Waals surface area contributed by atoms with Crippen LogP contribution in [0.5, 0.6) is 11.5 Å². The highest BCUT2D eigenvalue weighted by molar-refractivity contribution is 6.07. The Morgan fingerprint density at radius 1 is 1.15 bits per heavy atom. The molecule has 1 aliphatic heterocycles. The Morgan fingerprint density at radius 3 is 2.55 bits per heavy atom. The van der Waals surface area contributed by atoms with Crippen LogP contribution in [0.3, 0.4) is 0 Å². The summed E-state index contributed by atoms with van der Waals surface area (Å²) in [5.74, 6) is 0.325. The minimum absolute atomic E-state index is 0.00874. The number of carbonyl (C=O) groups is 1. The van der Waals surface area contributed by atoms with Gasteiger partial charge >= 0.3 is 6.18 Å². The summed E-state index contributed by atoms with van der Waals surface area (Å²) in [6.07, 6.45) is -3.69. The molecule has 3 aromatic rings. The lowest BCUT2D eigenvalue weighted by atomic mass is 9.96. The van der Waals surface area contributed by atoms with E-state index >= 15 is 0 Å². The second kappa shape index (κ2) is 8.68. The van der Waals surface area contributed by atoms with Crippen molar-refractivity contribution in [1.82, 2.24) is 9.78 Å². The van der Waals surface area contributed by atoms with Gasteiger partial charge in [0, 0.05) is 12.1 Å². The number of benzene rings is 2. The van der Waals surface area contributed by atoms with Gasteiger partial charge in [-0.1, -0.05) is 24.3 Å². The fraction of sp³-hybridized carbons (Fsp3) is 0.304. The van der Waals surface area contributed by atoms with Crippen LogP contribution in [0, 0.1) is 6.92 Å². The normalized spacial score (nSPS) is 17.6. The number of aromatic nitrogens is 2. The number of para-hydroxylation sites is 1. The Kier molecular flexibility index (Phi) is 5.92. The summed E-state index contributed by atoms with van der Waals surface area (Å²) in [5.41, 5.74) is 2.00. The first-order valence-electron chi connectivity index (χ1n) is 10.2. The van der Waals surface area contributed by atoms with Crippen molar-refractivity contribution in [2.24, 2.45) is 0 Å².